The maximum absolute atomic E-state index is 4.80. The Kier molecular flexibility index (Phi) is 6.07. The molecule has 4 rings (SSSR count). The van der Waals surface area contributed by atoms with Crippen LogP contribution in [0, 0.1) is 5.92 Å². The molecule has 2 aromatic carbocycles. The zero-order valence-corrected chi connectivity index (χ0v) is 19.7. The maximum atomic E-state index is 4.80. The summed E-state index contributed by atoms with van der Waals surface area (Å²) < 4.78 is 2.38. The van der Waals surface area contributed by atoms with E-state index in [4.69, 9.17) is 4.98 Å². The molecular weight excluding hydrogens is 368 g/mol. The molecule has 0 radical (unpaired) electrons. The first-order chi connectivity index (χ1) is 14.0. The Balaban J connectivity index is 0.000000177. The number of imidazole rings is 2. The van der Waals surface area contributed by atoms with Gasteiger partial charge in [-0.15, -0.1) is 0 Å². The third-order valence-electron chi connectivity index (χ3n) is 4.97. The molecule has 0 spiro atoms. The third-order valence-corrected chi connectivity index (χ3v) is 4.97. The number of aromatic amines is 1. The Morgan fingerprint density at radius 3 is 1.97 bits per heavy atom. The van der Waals surface area contributed by atoms with Crippen molar-refractivity contribution in [3.8, 4) is 0 Å². The fourth-order valence-corrected chi connectivity index (χ4v) is 3.51. The second kappa shape index (κ2) is 8.25. The van der Waals surface area contributed by atoms with E-state index < -0.39 is 0 Å². The molecule has 30 heavy (non-hydrogen) atoms. The van der Waals surface area contributed by atoms with E-state index in [-0.39, 0.29) is 10.8 Å². The minimum atomic E-state index is 0.0912. The highest BCUT2D eigenvalue weighted by molar-refractivity contribution is 5.76. The van der Waals surface area contributed by atoms with Crippen LogP contribution in [0.1, 0.15) is 67.0 Å². The molecule has 2 aromatic heterocycles. The SMILES string of the molecule is CC(C)(C)c1nc2ccccc2[nH]1.CC(C)Cn1c(C(C)(C)C)nc2ccccc21. The van der Waals surface area contributed by atoms with E-state index in [1.54, 1.807) is 0 Å². The van der Waals surface area contributed by atoms with Crippen molar-refractivity contribution >= 4 is 22.1 Å². The fraction of sp³-hybridized carbons (Fsp3) is 0.462. The Labute approximate surface area is 180 Å². The first-order valence-electron chi connectivity index (χ1n) is 10.9. The highest BCUT2D eigenvalue weighted by Gasteiger charge is 2.23. The monoisotopic (exact) mass is 404 g/mol. The number of H-pyrrole nitrogens is 1. The maximum Gasteiger partial charge on any atom is 0.115 e. The van der Waals surface area contributed by atoms with Crippen LogP contribution in [-0.2, 0) is 17.4 Å². The van der Waals surface area contributed by atoms with Gasteiger partial charge in [0.15, 0.2) is 0 Å². The number of benzene rings is 2. The molecule has 1 N–H and O–H groups in total. The summed E-state index contributed by atoms with van der Waals surface area (Å²) in [6.45, 7) is 18.7. The Morgan fingerprint density at radius 1 is 0.800 bits per heavy atom. The molecule has 0 atom stereocenters. The van der Waals surface area contributed by atoms with Crippen LogP contribution >= 0.6 is 0 Å². The number of hydrogen-bond donors (Lipinski definition) is 1. The molecule has 0 fully saturated rings. The predicted molar refractivity (Wildman–Crippen MR) is 128 cm³/mol. The highest BCUT2D eigenvalue weighted by Crippen LogP contribution is 2.27. The molecule has 0 unspecified atom stereocenters. The van der Waals surface area contributed by atoms with Gasteiger partial charge in [0.1, 0.15) is 11.6 Å². The summed E-state index contributed by atoms with van der Waals surface area (Å²) in [6.07, 6.45) is 0. The third kappa shape index (κ3) is 4.92. The lowest BCUT2D eigenvalue weighted by molar-refractivity contribution is 0.459. The minimum Gasteiger partial charge on any atom is -0.342 e. The second-order valence-electron chi connectivity index (χ2n) is 10.5. The van der Waals surface area contributed by atoms with Crippen LogP contribution in [0.4, 0.5) is 0 Å². The quantitative estimate of drug-likeness (QED) is 0.397. The molecule has 2 heterocycles. The lowest BCUT2D eigenvalue weighted by Crippen LogP contribution is -2.20. The van der Waals surface area contributed by atoms with Crippen molar-refractivity contribution in [2.45, 2.75) is 72.8 Å². The molecule has 4 aromatic rings. The largest absolute Gasteiger partial charge is 0.342 e. The van der Waals surface area contributed by atoms with Gasteiger partial charge in [-0.2, -0.15) is 0 Å². The second-order valence-corrected chi connectivity index (χ2v) is 10.5. The van der Waals surface area contributed by atoms with Gasteiger partial charge in [0.25, 0.3) is 0 Å². The van der Waals surface area contributed by atoms with E-state index in [0.29, 0.717) is 5.92 Å². The van der Waals surface area contributed by atoms with Crippen molar-refractivity contribution < 1.29 is 0 Å². The van der Waals surface area contributed by atoms with Crippen molar-refractivity contribution in [3.63, 3.8) is 0 Å². The number of nitrogens with zero attached hydrogens (tertiary/aromatic N) is 3. The van der Waals surface area contributed by atoms with Gasteiger partial charge < -0.3 is 9.55 Å². The van der Waals surface area contributed by atoms with Crippen LogP contribution in [0.25, 0.3) is 22.1 Å². The molecule has 0 aliphatic carbocycles. The van der Waals surface area contributed by atoms with Gasteiger partial charge in [-0.25, -0.2) is 9.97 Å². The molecule has 0 aliphatic heterocycles. The number of aromatic nitrogens is 4. The van der Waals surface area contributed by atoms with E-state index in [0.717, 1.165) is 28.9 Å². The van der Waals surface area contributed by atoms with Crippen molar-refractivity contribution in [3.05, 3.63) is 60.2 Å². The van der Waals surface area contributed by atoms with Crippen molar-refractivity contribution in [1.82, 2.24) is 19.5 Å². The molecule has 4 heteroatoms. The summed E-state index contributed by atoms with van der Waals surface area (Å²) in [5, 5.41) is 0. The van der Waals surface area contributed by atoms with Gasteiger partial charge in [0, 0.05) is 17.4 Å². The first kappa shape index (κ1) is 22.1. The summed E-state index contributed by atoms with van der Waals surface area (Å²) in [5.41, 5.74) is 4.72. The average Bonchev–Trinajstić information content (AvgIpc) is 3.23. The van der Waals surface area contributed by atoms with Crippen LogP contribution in [-0.4, -0.2) is 19.5 Å². The molecule has 0 saturated carbocycles. The van der Waals surface area contributed by atoms with Crippen molar-refractivity contribution in [2.75, 3.05) is 0 Å². The number of para-hydroxylation sites is 4. The van der Waals surface area contributed by atoms with Crippen molar-refractivity contribution in [1.29, 1.82) is 0 Å². The Bertz CT molecular complexity index is 1080. The molecular formula is C26H36N4. The van der Waals surface area contributed by atoms with Crippen LogP contribution in [0.5, 0.6) is 0 Å². The molecule has 0 saturated heterocycles. The summed E-state index contributed by atoms with van der Waals surface area (Å²) in [7, 11) is 0. The summed E-state index contributed by atoms with van der Waals surface area (Å²) in [6, 6.07) is 16.5. The van der Waals surface area contributed by atoms with Crippen LogP contribution in [0.15, 0.2) is 48.5 Å². The van der Waals surface area contributed by atoms with E-state index in [1.165, 1.54) is 11.3 Å². The summed E-state index contributed by atoms with van der Waals surface area (Å²) in [5.74, 6) is 2.87. The number of fused-ring (bicyclic) bond motifs is 2. The zero-order chi connectivity index (χ0) is 22.1. The standard InChI is InChI=1S/C15H22N2.C11H14N2/c1-11(2)10-17-13-9-7-6-8-12(13)16-14(17)15(3,4)5;1-11(2,3)10-12-8-6-4-5-7-9(8)13-10/h6-9,11H,10H2,1-5H3;4-7H,1-3H3,(H,12,13). The van der Waals surface area contributed by atoms with Crippen LogP contribution in [0.3, 0.4) is 0 Å². The van der Waals surface area contributed by atoms with Crippen molar-refractivity contribution in [2.24, 2.45) is 5.92 Å². The van der Waals surface area contributed by atoms with Gasteiger partial charge in [-0.3, -0.25) is 0 Å². The summed E-state index contributed by atoms with van der Waals surface area (Å²) >= 11 is 0. The van der Waals surface area contributed by atoms with Gasteiger partial charge in [0.05, 0.1) is 22.1 Å². The highest BCUT2D eigenvalue weighted by atomic mass is 15.1. The Hall–Kier alpha value is -2.62. The average molecular weight is 405 g/mol. The minimum absolute atomic E-state index is 0.0912. The molecule has 0 aliphatic rings. The predicted octanol–water partition coefficient (Wildman–Crippen LogP) is 6.85. The molecule has 160 valence electrons. The molecule has 4 nitrogen and oxygen atoms in total. The van der Waals surface area contributed by atoms with Gasteiger partial charge >= 0.3 is 0 Å². The molecule has 0 amide bonds. The Morgan fingerprint density at radius 2 is 1.40 bits per heavy atom. The molecule has 0 bridgehead atoms. The summed E-state index contributed by atoms with van der Waals surface area (Å²) in [4.78, 5) is 12.7. The van der Waals surface area contributed by atoms with Gasteiger partial charge in [-0.1, -0.05) is 79.7 Å². The normalized spacial score (nSPS) is 12.4. The van der Waals surface area contributed by atoms with Crippen LogP contribution < -0.4 is 0 Å². The number of rotatable bonds is 2. The van der Waals surface area contributed by atoms with E-state index in [9.17, 15) is 0 Å². The van der Waals surface area contributed by atoms with E-state index in [2.05, 4.69) is 100 Å². The van der Waals surface area contributed by atoms with Gasteiger partial charge in [-0.05, 0) is 30.2 Å². The smallest absolute Gasteiger partial charge is 0.115 e. The lowest BCUT2D eigenvalue weighted by atomic mass is 9.95. The first-order valence-corrected chi connectivity index (χ1v) is 10.9. The van der Waals surface area contributed by atoms with Crippen LogP contribution in [0.2, 0.25) is 0 Å². The number of nitrogens with one attached hydrogen (secondary N) is 1. The number of hydrogen-bond acceptors (Lipinski definition) is 2. The van der Waals surface area contributed by atoms with E-state index >= 15 is 0 Å². The zero-order valence-electron chi connectivity index (χ0n) is 19.7. The van der Waals surface area contributed by atoms with Gasteiger partial charge in [0.2, 0.25) is 0 Å². The lowest BCUT2D eigenvalue weighted by Gasteiger charge is -2.21. The fourth-order valence-electron chi connectivity index (χ4n) is 3.51. The van der Waals surface area contributed by atoms with E-state index in [1.807, 2.05) is 18.2 Å². The topological polar surface area (TPSA) is 46.5 Å².